The summed E-state index contributed by atoms with van der Waals surface area (Å²) in [6.45, 7) is 8.35. The molecule has 164 valence electrons. The van der Waals surface area contributed by atoms with Crippen LogP contribution >= 0.6 is 35.7 Å². The number of hydrogen-bond acceptors (Lipinski definition) is 5. The molecule has 0 fully saturated rings. The molecule has 8 nitrogen and oxygen atoms in total. The molecule has 0 bridgehead atoms. The van der Waals surface area contributed by atoms with Crippen molar-refractivity contribution >= 4 is 41.7 Å². The summed E-state index contributed by atoms with van der Waals surface area (Å²) in [5.74, 6) is 3.72. The van der Waals surface area contributed by atoms with Crippen molar-refractivity contribution in [3.8, 4) is 0 Å². The third-order valence-electron chi connectivity index (χ3n) is 4.84. The zero-order valence-electron chi connectivity index (χ0n) is 18.4. The van der Waals surface area contributed by atoms with Gasteiger partial charge >= 0.3 is 0 Å². The number of aryl methyl sites for hydroxylation is 3. The SMILES string of the molecule is CCc1nn(C)c(CC)c1CN=C(NCCCSC)NCc1nnc(C)n1C.I. The van der Waals surface area contributed by atoms with E-state index in [1.165, 1.54) is 11.3 Å². The maximum absolute atomic E-state index is 4.85. The molecule has 2 rings (SSSR count). The zero-order valence-corrected chi connectivity index (χ0v) is 21.6. The molecule has 2 aromatic rings. The maximum atomic E-state index is 4.85. The van der Waals surface area contributed by atoms with Gasteiger partial charge in [0.2, 0.25) is 0 Å². The Labute approximate surface area is 195 Å². The zero-order chi connectivity index (χ0) is 20.5. The van der Waals surface area contributed by atoms with E-state index in [9.17, 15) is 0 Å². The molecule has 0 radical (unpaired) electrons. The Morgan fingerprint density at radius 3 is 2.48 bits per heavy atom. The fourth-order valence-electron chi connectivity index (χ4n) is 3.10. The molecule has 29 heavy (non-hydrogen) atoms. The van der Waals surface area contributed by atoms with E-state index in [2.05, 4.69) is 46.0 Å². The van der Waals surface area contributed by atoms with Crippen molar-refractivity contribution < 1.29 is 0 Å². The molecular weight excluding hydrogens is 499 g/mol. The first-order chi connectivity index (χ1) is 13.5. The van der Waals surface area contributed by atoms with Gasteiger partial charge in [0.25, 0.3) is 0 Å². The van der Waals surface area contributed by atoms with Gasteiger partial charge in [-0.1, -0.05) is 13.8 Å². The maximum Gasteiger partial charge on any atom is 0.191 e. The average molecular weight is 535 g/mol. The van der Waals surface area contributed by atoms with E-state index in [4.69, 9.17) is 4.99 Å². The second-order valence-corrected chi connectivity index (χ2v) is 7.70. The molecule has 0 saturated carbocycles. The van der Waals surface area contributed by atoms with Gasteiger partial charge in [-0.2, -0.15) is 16.9 Å². The van der Waals surface area contributed by atoms with Crippen molar-refractivity contribution in [1.29, 1.82) is 0 Å². The van der Waals surface area contributed by atoms with E-state index < -0.39 is 0 Å². The Bertz CT molecular complexity index is 784. The van der Waals surface area contributed by atoms with E-state index in [0.29, 0.717) is 13.1 Å². The number of nitrogens with zero attached hydrogens (tertiary/aromatic N) is 6. The second-order valence-electron chi connectivity index (χ2n) is 6.72. The monoisotopic (exact) mass is 534 g/mol. The number of aromatic nitrogens is 5. The first kappa shape index (κ1) is 25.7. The smallest absolute Gasteiger partial charge is 0.191 e. The number of hydrogen-bond donors (Lipinski definition) is 2. The van der Waals surface area contributed by atoms with Crippen molar-refractivity contribution in [2.24, 2.45) is 19.1 Å². The minimum Gasteiger partial charge on any atom is -0.356 e. The molecule has 2 aromatic heterocycles. The lowest BCUT2D eigenvalue weighted by molar-refractivity contribution is 0.702. The molecule has 2 N–H and O–H groups in total. The summed E-state index contributed by atoms with van der Waals surface area (Å²) in [7, 11) is 3.99. The van der Waals surface area contributed by atoms with E-state index in [-0.39, 0.29) is 24.0 Å². The van der Waals surface area contributed by atoms with E-state index in [1.807, 2.05) is 42.0 Å². The summed E-state index contributed by atoms with van der Waals surface area (Å²) in [4.78, 5) is 4.85. The number of guanidine groups is 1. The molecule has 0 spiro atoms. The molecule has 0 aromatic carbocycles. The van der Waals surface area contributed by atoms with Crippen molar-refractivity contribution in [2.45, 2.75) is 53.1 Å². The van der Waals surface area contributed by atoms with Crippen molar-refractivity contribution in [2.75, 3.05) is 18.6 Å². The Balaban J connectivity index is 0.00000420. The number of halogens is 1. The molecule has 0 aliphatic rings. The third kappa shape index (κ3) is 7.16. The largest absolute Gasteiger partial charge is 0.356 e. The van der Waals surface area contributed by atoms with Crippen LogP contribution in [0.3, 0.4) is 0 Å². The molecule has 2 heterocycles. The first-order valence-electron chi connectivity index (χ1n) is 9.91. The van der Waals surface area contributed by atoms with Gasteiger partial charge in [-0.3, -0.25) is 4.68 Å². The lowest BCUT2D eigenvalue weighted by Gasteiger charge is -2.13. The van der Waals surface area contributed by atoms with Gasteiger partial charge in [0.1, 0.15) is 5.82 Å². The summed E-state index contributed by atoms with van der Waals surface area (Å²) >= 11 is 1.86. The summed E-state index contributed by atoms with van der Waals surface area (Å²) in [5, 5.41) is 19.8. The second kappa shape index (κ2) is 13.1. The molecule has 0 saturated heterocycles. The Hall–Kier alpha value is -1.30. The van der Waals surface area contributed by atoms with Crippen LogP contribution in [-0.4, -0.2) is 49.1 Å². The first-order valence-corrected chi connectivity index (χ1v) is 11.3. The molecular formula is C19H35IN8S. The van der Waals surface area contributed by atoms with Gasteiger partial charge in [0, 0.05) is 31.9 Å². The predicted molar refractivity (Wildman–Crippen MR) is 132 cm³/mol. The standard InChI is InChI=1S/C19H34N8S.HI/c1-7-16-15(17(8-2)27(5)25-16)12-21-19(20-10-9-11-28-6)22-13-18-24-23-14(3)26(18)4;/h7-13H2,1-6H3,(H2,20,21,22);1H. The highest BCUT2D eigenvalue weighted by Crippen LogP contribution is 2.16. The quantitative estimate of drug-likeness (QED) is 0.211. The van der Waals surface area contributed by atoms with Gasteiger partial charge in [0.15, 0.2) is 11.8 Å². The van der Waals surface area contributed by atoms with Crippen LogP contribution in [0.15, 0.2) is 4.99 Å². The van der Waals surface area contributed by atoms with E-state index >= 15 is 0 Å². The molecule has 0 aliphatic heterocycles. The predicted octanol–water partition coefficient (Wildman–Crippen LogP) is 2.59. The van der Waals surface area contributed by atoms with Gasteiger partial charge in [-0.05, 0) is 38.2 Å². The van der Waals surface area contributed by atoms with Gasteiger partial charge < -0.3 is 15.2 Å². The van der Waals surface area contributed by atoms with Gasteiger partial charge in [0.05, 0.1) is 18.8 Å². The fourth-order valence-corrected chi connectivity index (χ4v) is 3.53. The van der Waals surface area contributed by atoms with Crippen LogP contribution in [0.25, 0.3) is 0 Å². The molecule has 0 atom stereocenters. The average Bonchev–Trinajstić information content (AvgIpc) is 3.18. The number of thioether (sulfide) groups is 1. The summed E-state index contributed by atoms with van der Waals surface area (Å²) in [6, 6.07) is 0. The van der Waals surface area contributed by atoms with Crippen LogP contribution < -0.4 is 10.6 Å². The third-order valence-corrected chi connectivity index (χ3v) is 5.53. The molecule has 0 aliphatic carbocycles. The normalized spacial score (nSPS) is 11.4. The van der Waals surface area contributed by atoms with Crippen molar-refractivity contribution in [3.05, 3.63) is 28.6 Å². The minimum atomic E-state index is 0. The van der Waals surface area contributed by atoms with Gasteiger partial charge in [-0.15, -0.1) is 34.2 Å². The van der Waals surface area contributed by atoms with Crippen LogP contribution in [-0.2, 0) is 40.0 Å². The van der Waals surface area contributed by atoms with Crippen LogP contribution in [0.5, 0.6) is 0 Å². The van der Waals surface area contributed by atoms with Crippen LogP contribution in [0.2, 0.25) is 0 Å². The summed E-state index contributed by atoms with van der Waals surface area (Å²) in [5.41, 5.74) is 3.63. The topological polar surface area (TPSA) is 84.9 Å². The minimum absolute atomic E-state index is 0. The number of aliphatic imine (C=N–C) groups is 1. The molecule has 0 amide bonds. The highest BCUT2D eigenvalue weighted by atomic mass is 127. The Kier molecular flexibility index (Phi) is 11.6. The van der Waals surface area contributed by atoms with Crippen LogP contribution in [0.4, 0.5) is 0 Å². The lowest BCUT2D eigenvalue weighted by Crippen LogP contribution is -2.38. The van der Waals surface area contributed by atoms with Crippen molar-refractivity contribution in [1.82, 2.24) is 35.2 Å². The van der Waals surface area contributed by atoms with Gasteiger partial charge in [-0.25, -0.2) is 4.99 Å². The fraction of sp³-hybridized carbons (Fsp3) is 0.684. The van der Waals surface area contributed by atoms with E-state index in [1.54, 1.807) is 0 Å². The van der Waals surface area contributed by atoms with E-state index in [0.717, 1.165) is 54.9 Å². The summed E-state index contributed by atoms with van der Waals surface area (Å²) < 4.78 is 3.98. The highest BCUT2D eigenvalue weighted by Gasteiger charge is 2.13. The molecule has 0 unspecified atom stereocenters. The molecule has 10 heteroatoms. The lowest BCUT2D eigenvalue weighted by atomic mass is 10.1. The van der Waals surface area contributed by atoms with Crippen LogP contribution in [0.1, 0.15) is 48.9 Å². The highest BCUT2D eigenvalue weighted by molar-refractivity contribution is 14.0. The Morgan fingerprint density at radius 2 is 1.90 bits per heavy atom. The summed E-state index contributed by atoms with van der Waals surface area (Å²) in [6.07, 6.45) is 5.10. The number of rotatable bonds is 10. The van der Waals surface area contributed by atoms with Crippen LogP contribution in [0, 0.1) is 6.92 Å². The Morgan fingerprint density at radius 1 is 1.14 bits per heavy atom. The number of nitrogens with one attached hydrogen (secondary N) is 2. The van der Waals surface area contributed by atoms with Crippen molar-refractivity contribution in [3.63, 3.8) is 0 Å².